The van der Waals surface area contributed by atoms with Crippen molar-refractivity contribution < 1.29 is 9.53 Å². The molecule has 4 nitrogen and oxygen atoms in total. The van der Waals surface area contributed by atoms with Crippen LogP contribution >= 0.6 is 0 Å². The van der Waals surface area contributed by atoms with Crippen LogP contribution in [0.2, 0.25) is 0 Å². The normalized spacial score (nSPS) is 12.2. The SMILES string of the molecule is COc1ccc(C(NC(=O)Cc2cccc3cccnc23)C(C)C)cc1. The Kier molecular flexibility index (Phi) is 5.52. The molecule has 2 aromatic carbocycles. The van der Waals surface area contributed by atoms with Crippen LogP contribution in [0.5, 0.6) is 5.75 Å². The number of nitrogens with one attached hydrogen (secondary N) is 1. The van der Waals surface area contributed by atoms with Gasteiger partial charge >= 0.3 is 0 Å². The van der Waals surface area contributed by atoms with Crippen molar-refractivity contribution in [3.8, 4) is 5.75 Å². The molecule has 1 N–H and O–H groups in total. The summed E-state index contributed by atoms with van der Waals surface area (Å²) >= 11 is 0. The molecule has 0 aliphatic carbocycles. The molecular weight excluding hydrogens is 324 g/mol. The maximum absolute atomic E-state index is 12.7. The van der Waals surface area contributed by atoms with E-state index in [1.165, 1.54) is 0 Å². The first kappa shape index (κ1) is 17.9. The molecular formula is C22H24N2O2. The second-order valence-electron chi connectivity index (χ2n) is 6.73. The Morgan fingerprint density at radius 2 is 1.81 bits per heavy atom. The van der Waals surface area contributed by atoms with Gasteiger partial charge in [-0.2, -0.15) is 0 Å². The van der Waals surface area contributed by atoms with E-state index in [2.05, 4.69) is 24.1 Å². The number of nitrogens with zero attached hydrogens (tertiary/aromatic N) is 1. The van der Waals surface area contributed by atoms with Gasteiger partial charge in [-0.1, -0.05) is 50.2 Å². The van der Waals surface area contributed by atoms with Crippen LogP contribution in [0, 0.1) is 5.92 Å². The largest absolute Gasteiger partial charge is 0.497 e. The third kappa shape index (κ3) is 4.02. The lowest BCUT2D eigenvalue weighted by atomic mass is 9.95. The molecule has 0 bridgehead atoms. The molecule has 1 aromatic heterocycles. The first-order chi connectivity index (χ1) is 12.6. The van der Waals surface area contributed by atoms with E-state index in [0.29, 0.717) is 6.42 Å². The van der Waals surface area contributed by atoms with E-state index in [4.69, 9.17) is 4.74 Å². The zero-order valence-corrected chi connectivity index (χ0v) is 15.4. The molecule has 1 unspecified atom stereocenters. The van der Waals surface area contributed by atoms with Crippen molar-refractivity contribution in [1.82, 2.24) is 10.3 Å². The van der Waals surface area contributed by atoms with Gasteiger partial charge < -0.3 is 10.1 Å². The summed E-state index contributed by atoms with van der Waals surface area (Å²) < 4.78 is 5.22. The van der Waals surface area contributed by atoms with Gasteiger partial charge in [0.15, 0.2) is 0 Å². The van der Waals surface area contributed by atoms with E-state index in [9.17, 15) is 4.79 Å². The van der Waals surface area contributed by atoms with Gasteiger partial charge in [0.05, 0.1) is 25.1 Å². The number of hydrogen-bond acceptors (Lipinski definition) is 3. The number of amides is 1. The lowest BCUT2D eigenvalue weighted by molar-refractivity contribution is -0.121. The van der Waals surface area contributed by atoms with Gasteiger partial charge in [0.25, 0.3) is 0 Å². The summed E-state index contributed by atoms with van der Waals surface area (Å²) in [7, 11) is 1.65. The van der Waals surface area contributed by atoms with E-state index in [0.717, 1.165) is 27.8 Å². The number of methoxy groups -OCH3 is 1. The highest BCUT2D eigenvalue weighted by molar-refractivity contribution is 5.87. The lowest BCUT2D eigenvalue weighted by Crippen LogP contribution is -2.32. The van der Waals surface area contributed by atoms with Gasteiger partial charge in [-0.15, -0.1) is 0 Å². The van der Waals surface area contributed by atoms with Crippen LogP contribution in [0.25, 0.3) is 10.9 Å². The summed E-state index contributed by atoms with van der Waals surface area (Å²) in [6, 6.07) is 17.7. The maximum atomic E-state index is 12.7. The molecule has 134 valence electrons. The number of pyridine rings is 1. The number of benzene rings is 2. The molecule has 0 saturated carbocycles. The fourth-order valence-corrected chi connectivity index (χ4v) is 3.15. The average molecular weight is 348 g/mol. The summed E-state index contributed by atoms with van der Waals surface area (Å²) in [4.78, 5) is 17.1. The zero-order chi connectivity index (χ0) is 18.5. The molecule has 3 rings (SSSR count). The molecule has 1 amide bonds. The van der Waals surface area contributed by atoms with Crippen molar-refractivity contribution in [2.45, 2.75) is 26.3 Å². The quantitative estimate of drug-likeness (QED) is 0.722. The topological polar surface area (TPSA) is 51.2 Å². The number of hydrogen-bond donors (Lipinski definition) is 1. The van der Waals surface area contributed by atoms with E-state index in [1.54, 1.807) is 13.3 Å². The van der Waals surface area contributed by atoms with Gasteiger partial charge in [0.2, 0.25) is 5.91 Å². The van der Waals surface area contributed by atoms with Crippen LogP contribution < -0.4 is 10.1 Å². The molecule has 0 saturated heterocycles. The molecule has 26 heavy (non-hydrogen) atoms. The smallest absolute Gasteiger partial charge is 0.224 e. The van der Waals surface area contributed by atoms with Crippen LogP contribution in [0.1, 0.15) is 31.0 Å². The minimum absolute atomic E-state index is 0.00216. The van der Waals surface area contributed by atoms with E-state index in [-0.39, 0.29) is 17.9 Å². The second-order valence-corrected chi connectivity index (χ2v) is 6.73. The standard InChI is InChI=1S/C22H24N2O2/c1-15(2)21(17-9-11-19(26-3)12-10-17)24-20(25)14-18-7-4-6-16-8-5-13-23-22(16)18/h4-13,15,21H,14H2,1-3H3,(H,24,25). The number of aromatic nitrogens is 1. The van der Waals surface area contributed by atoms with Crippen LogP contribution in [0.3, 0.4) is 0 Å². The first-order valence-electron chi connectivity index (χ1n) is 8.84. The fraction of sp³-hybridized carbons (Fsp3) is 0.273. The van der Waals surface area contributed by atoms with Crippen LogP contribution in [0.4, 0.5) is 0 Å². The maximum Gasteiger partial charge on any atom is 0.224 e. The van der Waals surface area contributed by atoms with Crippen LogP contribution in [0.15, 0.2) is 60.8 Å². The highest BCUT2D eigenvalue weighted by atomic mass is 16.5. The van der Waals surface area contributed by atoms with Gasteiger partial charge in [0, 0.05) is 11.6 Å². The fourth-order valence-electron chi connectivity index (χ4n) is 3.15. The number of rotatable bonds is 6. The predicted molar refractivity (Wildman–Crippen MR) is 104 cm³/mol. The van der Waals surface area contributed by atoms with Gasteiger partial charge in [-0.3, -0.25) is 9.78 Å². The van der Waals surface area contributed by atoms with Crippen molar-refractivity contribution >= 4 is 16.8 Å². The number of ether oxygens (including phenoxy) is 1. The van der Waals surface area contributed by atoms with Gasteiger partial charge in [0.1, 0.15) is 5.75 Å². The van der Waals surface area contributed by atoms with E-state index in [1.807, 2.05) is 54.6 Å². The van der Waals surface area contributed by atoms with Crippen molar-refractivity contribution in [2.24, 2.45) is 5.92 Å². The van der Waals surface area contributed by atoms with Crippen molar-refractivity contribution in [3.05, 3.63) is 71.9 Å². The Balaban J connectivity index is 1.77. The minimum Gasteiger partial charge on any atom is -0.497 e. The number of carbonyl (C=O) groups is 1. The zero-order valence-electron chi connectivity index (χ0n) is 15.4. The summed E-state index contributed by atoms with van der Waals surface area (Å²) in [6.45, 7) is 4.21. The molecule has 1 heterocycles. The summed E-state index contributed by atoms with van der Waals surface area (Å²) in [5.41, 5.74) is 2.90. The van der Waals surface area contributed by atoms with Crippen molar-refractivity contribution in [3.63, 3.8) is 0 Å². The Labute approximate surface area is 154 Å². The van der Waals surface area contributed by atoms with E-state index < -0.39 is 0 Å². The number of para-hydroxylation sites is 1. The summed E-state index contributed by atoms with van der Waals surface area (Å²) in [6.07, 6.45) is 2.08. The Bertz CT molecular complexity index is 883. The van der Waals surface area contributed by atoms with Crippen LogP contribution in [-0.2, 0) is 11.2 Å². The van der Waals surface area contributed by atoms with Gasteiger partial charge in [-0.05, 0) is 35.2 Å². The molecule has 1 atom stereocenters. The molecule has 0 aliphatic heterocycles. The number of carbonyl (C=O) groups excluding carboxylic acids is 1. The molecule has 0 fully saturated rings. The van der Waals surface area contributed by atoms with Crippen molar-refractivity contribution in [2.75, 3.05) is 7.11 Å². The Morgan fingerprint density at radius 1 is 1.08 bits per heavy atom. The predicted octanol–water partition coefficient (Wildman–Crippen LogP) is 4.30. The Morgan fingerprint density at radius 3 is 2.50 bits per heavy atom. The van der Waals surface area contributed by atoms with Crippen LogP contribution in [-0.4, -0.2) is 18.0 Å². The van der Waals surface area contributed by atoms with Gasteiger partial charge in [-0.25, -0.2) is 0 Å². The molecule has 4 heteroatoms. The summed E-state index contributed by atoms with van der Waals surface area (Å²) in [5.74, 6) is 1.08. The average Bonchev–Trinajstić information content (AvgIpc) is 2.66. The number of fused-ring (bicyclic) bond motifs is 1. The highest BCUT2D eigenvalue weighted by Crippen LogP contribution is 2.24. The minimum atomic E-state index is -0.0451. The Hall–Kier alpha value is -2.88. The summed E-state index contributed by atoms with van der Waals surface area (Å²) in [5, 5.41) is 4.23. The van der Waals surface area contributed by atoms with Crippen molar-refractivity contribution in [1.29, 1.82) is 0 Å². The third-order valence-electron chi connectivity index (χ3n) is 4.53. The second kappa shape index (κ2) is 8.00. The highest BCUT2D eigenvalue weighted by Gasteiger charge is 2.19. The van der Waals surface area contributed by atoms with E-state index >= 15 is 0 Å². The lowest BCUT2D eigenvalue weighted by Gasteiger charge is -2.23. The third-order valence-corrected chi connectivity index (χ3v) is 4.53. The molecule has 0 aliphatic rings. The monoisotopic (exact) mass is 348 g/mol. The molecule has 3 aromatic rings. The molecule has 0 radical (unpaired) electrons. The first-order valence-corrected chi connectivity index (χ1v) is 8.84. The molecule has 0 spiro atoms.